The molecule has 0 aliphatic carbocycles. The third-order valence-corrected chi connectivity index (χ3v) is 0.990. The Morgan fingerprint density at radius 3 is 2.62 bits per heavy atom. The zero-order valence-electron chi connectivity index (χ0n) is 4.72. The second-order valence-corrected chi connectivity index (χ2v) is 1.68. The number of rotatable bonds is 3. The van der Waals surface area contributed by atoms with E-state index in [0.717, 1.165) is 0 Å². The Morgan fingerprint density at radius 1 is 1.88 bits per heavy atom. The van der Waals surface area contributed by atoms with Crippen molar-refractivity contribution in [3.05, 3.63) is 11.4 Å². The molecule has 0 N–H and O–H groups in total. The summed E-state index contributed by atoms with van der Waals surface area (Å²) >= 11 is 5.33. The molecule has 1 atom stereocenters. The first-order valence-corrected chi connectivity index (χ1v) is 2.84. The number of hydrogen-bond donors (Lipinski definition) is 0. The fourth-order valence-corrected chi connectivity index (χ4v) is 0.515. The molecule has 2 nitrogen and oxygen atoms in total. The largest absolute Gasteiger partial charge is 0.328 e. The van der Waals surface area contributed by atoms with E-state index in [1.165, 1.54) is 7.11 Å². The smallest absolute Gasteiger partial charge is 0.314 e. The van der Waals surface area contributed by atoms with Crippen LogP contribution in [0.5, 0.6) is 0 Å². The summed E-state index contributed by atoms with van der Waals surface area (Å²) < 4.78 is 4.70. The lowest BCUT2D eigenvalue weighted by Gasteiger charge is -1.96. The van der Waals surface area contributed by atoms with Gasteiger partial charge in [-0.2, -0.15) is 0 Å². The number of hydrogen-bond acceptors (Lipinski definition) is 1. The van der Waals surface area contributed by atoms with Gasteiger partial charge in [-0.25, -0.2) is 6.57 Å². The van der Waals surface area contributed by atoms with Crippen LogP contribution in [0.25, 0.3) is 4.85 Å². The normalized spacial score (nSPS) is 12.6. The lowest BCUT2D eigenvalue weighted by Crippen LogP contribution is -2.04. The van der Waals surface area contributed by atoms with Crippen LogP contribution >= 0.6 is 11.6 Å². The fourth-order valence-electron chi connectivity index (χ4n) is 0.328. The SMILES string of the molecule is [C-]#[N+][C@@H](CCCl)OC. The van der Waals surface area contributed by atoms with E-state index in [0.29, 0.717) is 12.3 Å². The van der Waals surface area contributed by atoms with Crippen molar-refractivity contribution in [2.75, 3.05) is 13.0 Å². The molecule has 0 saturated carbocycles. The van der Waals surface area contributed by atoms with Gasteiger partial charge in [-0.05, 0) is 0 Å². The summed E-state index contributed by atoms with van der Waals surface area (Å²) in [6.45, 7) is 6.50. The van der Waals surface area contributed by atoms with E-state index < -0.39 is 0 Å². The molecule has 0 aliphatic rings. The molecule has 46 valence electrons. The van der Waals surface area contributed by atoms with E-state index in [1.807, 2.05) is 0 Å². The highest BCUT2D eigenvalue weighted by Crippen LogP contribution is 1.98. The fraction of sp³-hybridized carbons (Fsp3) is 0.800. The van der Waals surface area contributed by atoms with Crippen molar-refractivity contribution in [1.82, 2.24) is 0 Å². The van der Waals surface area contributed by atoms with Crippen molar-refractivity contribution in [1.29, 1.82) is 0 Å². The minimum Gasteiger partial charge on any atom is -0.314 e. The van der Waals surface area contributed by atoms with Crippen LogP contribution in [0.4, 0.5) is 0 Å². The topological polar surface area (TPSA) is 13.6 Å². The van der Waals surface area contributed by atoms with Crippen LogP contribution in [-0.2, 0) is 4.74 Å². The minimum absolute atomic E-state index is 0.340. The minimum atomic E-state index is -0.340. The van der Waals surface area contributed by atoms with Gasteiger partial charge in [0.05, 0.1) is 6.42 Å². The molecule has 0 unspecified atom stereocenters. The zero-order valence-corrected chi connectivity index (χ0v) is 5.48. The number of nitrogens with zero attached hydrogens (tertiary/aromatic N) is 1. The van der Waals surface area contributed by atoms with Crippen LogP contribution < -0.4 is 0 Å². The van der Waals surface area contributed by atoms with Gasteiger partial charge in [-0.15, -0.1) is 11.6 Å². The first-order valence-electron chi connectivity index (χ1n) is 2.30. The van der Waals surface area contributed by atoms with Gasteiger partial charge in [0.15, 0.2) is 0 Å². The maximum absolute atomic E-state index is 6.50. The molecule has 0 bridgehead atoms. The zero-order chi connectivity index (χ0) is 6.41. The summed E-state index contributed by atoms with van der Waals surface area (Å²) in [6, 6.07) is 0. The van der Waals surface area contributed by atoms with E-state index in [9.17, 15) is 0 Å². The molecule has 0 aliphatic heterocycles. The summed E-state index contributed by atoms with van der Waals surface area (Å²) in [7, 11) is 1.51. The van der Waals surface area contributed by atoms with Crippen molar-refractivity contribution in [3.8, 4) is 0 Å². The molecular formula is C5H8ClNO. The number of ether oxygens (including phenoxy) is 1. The van der Waals surface area contributed by atoms with Gasteiger partial charge in [-0.1, -0.05) is 0 Å². The van der Waals surface area contributed by atoms with E-state index in [2.05, 4.69) is 4.85 Å². The molecule has 0 amide bonds. The van der Waals surface area contributed by atoms with E-state index in [1.54, 1.807) is 0 Å². The van der Waals surface area contributed by atoms with Crippen LogP contribution in [0, 0.1) is 6.57 Å². The molecule has 0 aromatic carbocycles. The maximum Gasteiger partial charge on any atom is 0.328 e. The van der Waals surface area contributed by atoms with Gasteiger partial charge in [0.2, 0.25) is 0 Å². The van der Waals surface area contributed by atoms with Crippen molar-refractivity contribution >= 4 is 11.6 Å². The molecule has 3 heteroatoms. The molecule has 0 heterocycles. The first kappa shape index (κ1) is 7.74. The predicted octanol–water partition coefficient (Wildman–Crippen LogP) is 1.51. The van der Waals surface area contributed by atoms with E-state index in [4.69, 9.17) is 22.9 Å². The first-order chi connectivity index (χ1) is 3.85. The standard InChI is InChI=1S/C5H8ClNO/c1-7-5(8-2)3-4-6/h5H,3-4H2,2H3/t5-/m1/s1. The number of methoxy groups -OCH3 is 1. The van der Waals surface area contributed by atoms with E-state index >= 15 is 0 Å². The Kier molecular flexibility index (Phi) is 4.73. The van der Waals surface area contributed by atoms with Crippen molar-refractivity contribution < 1.29 is 4.74 Å². The summed E-state index contributed by atoms with van der Waals surface area (Å²) in [5, 5.41) is 0. The Bertz CT molecular complexity index is 88.9. The third-order valence-electron chi connectivity index (χ3n) is 0.772. The predicted molar refractivity (Wildman–Crippen MR) is 32.7 cm³/mol. The Morgan fingerprint density at radius 2 is 2.50 bits per heavy atom. The molecule has 0 spiro atoms. The Labute approximate surface area is 54.2 Å². The monoisotopic (exact) mass is 133 g/mol. The molecular weight excluding hydrogens is 126 g/mol. The summed E-state index contributed by atoms with van der Waals surface area (Å²) in [5.41, 5.74) is 0. The van der Waals surface area contributed by atoms with Crippen LogP contribution in [0.1, 0.15) is 6.42 Å². The highest BCUT2D eigenvalue weighted by atomic mass is 35.5. The summed E-state index contributed by atoms with van der Waals surface area (Å²) in [5.74, 6) is 0.487. The lowest BCUT2D eigenvalue weighted by molar-refractivity contribution is 0.137. The average Bonchev–Trinajstić information content (AvgIpc) is 1.83. The Hall–Kier alpha value is -0.260. The van der Waals surface area contributed by atoms with Gasteiger partial charge >= 0.3 is 6.23 Å². The molecule has 0 rings (SSSR count). The summed E-state index contributed by atoms with van der Waals surface area (Å²) in [6.07, 6.45) is 0.272. The molecule has 0 saturated heterocycles. The van der Waals surface area contributed by atoms with Gasteiger partial charge < -0.3 is 4.74 Å². The molecule has 0 aromatic rings. The quantitative estimate of drug-likeness (QED) is 0.420. The van der Waals surface area contributed by atoms with Crippen molar-refractivity contribution in [2.45, 2.75) is 12.6 Å². The second-order valence-electron chi connectivity index (χ2n) is 1.30. The van der Waals surface area contributed by atoms with Crippen molar-refractivity contribution in [3.63, 3.8) is 0 Å². The lowest BCUT2D eigenvalue weighted by atomic mass is 10.4. The molecule has 0 radical (unpaired) electrons. The maximum atomic E-state index is 6.50. The van der Waals surface area contributed by atoms with Crippen LogP contribution in [0.3, 0.4) is 0 Å². The van der Waals surface area contributed by atoms with Crippen LogP contribution in [0.15, 0.2) is 0 Å². The van der Waals surface area contributed by atoms with E-state index in [-0.39, 0.29) is 6.23 Å². The summed E-state index contributed by atoms with van der Waals surface area (Å²) in [4.78, 5) is 3.14. The number of halogens is 1. The van der Waals surface area contributed by atoms with Crippen molar-refractivity contribution in [2.24, 2.45) is 0 Å². The van der Waals surface area contributed by atoms with Gasteiger partial charge in [0, 0.05) is 13.0 Å². The van der Waals surface area contributed by atoms with Crippen LogP contribution in [0.2, 0.25) is 0 Å². The Balaban J connectivity index is 3.26. The second kappa shape index (κ2) is 4.89. The van der Waals surface area contributed by atoms with Gasteiger partial charge in [0.25, 0.3) is 0 Å². The highest BCUT2D eigenvalue weighted by Gasteiger charge is 2.06. The average molecular weight is 134 g/mol. The van der Waals surface area contributed by atoms with Gasteiger partial charge in [0.1, 0.15) is 0 Å². The molecule has 0 fully saturated rings. The third kappa shape index (κ3) is 2.84. The highest BCUT2D eigenvalue weighted by molar-refractivity contribution is 6.17. The number of alkyl halides is 1. The van der Waals surface area contributed by atoms with Crippen LogP contribution in [-0.4, -0.2) is 19.2 Å². The molecule has 8 heavy (non-hydrogen) atoms. The molecule has 0 aromatic heterocycles. The van der Waals surface area contributed by atoms with Gasteiger partial charge in [-0.3, -0.25) is 4.85 Å².